The van der Waals surface area contributed by atoms with Crippen LogP contribution < -0.4 is 10.6 Å². The molecule has 0 aliphatic carbocycles. The molecule has 1 aliphatic heterocycles. The number of carbonyl (C=O) groups excluding carboxylic acids is 2. The summed E-state index contributed by atoms with van der Waals surface area (Å²) in [5.41, 5.74) is -1.52. The number of hydrogen-bond acceptors (Lipinski definition) is 11. The monoisotopic (exact) mass is 569 g/mol. The van der Waals surface area contributed by atoms with Crippen LogP contribution in [0.2, 0.25) is 5.28 Å². The molecule has 4 atom stereocenters. The summed E-state index contributed by atoms with van der Waals surface area (Å²) >= 11 is 6.08. The number of ether oxygens (including phenoxy) is 1. The van der Waals surface area contributed by atoms with Crippen molar-refractivity contribution in [3.05, 3.63) is 40.8 Å². The van der Waals surface area contributed by atoms with Crippen LogP contribution in [0.4, 0.5) is 19.0 Å². The smallest absolute Gasteiger partial charge is 0.420 e. The highest BCUT2D eigenvalue weighted by Crippen LogP contribution is 2.37. The number of aliphatic hydroxyl groups excluding tert-OH is 2. The SMILES string of the molecule is CNC(=O)[C@H]1O[C@@H](n2cnc3c(NCc4cc(C(F)(F)F)c5oc(C(C)=O)nc5c4)nc(Cl)nc32)[C@H](O)[C@@H]1O. The molecule has 0 saturated carbocycles. The Balaban J connectivity index is 1.48. The predicted molar refractivity (Wildman–Crippen MR) is 127 cm³/mol. The number of hydrogen-bond donors (Lipinski definition) is 4. The molecule has 1 saturated heterocycles. The first-order valence-corrected chi connectivity index (χ1v) is 11.7. The second kappa shape index (κ2) is 9.71. The van der Waals surface area contributed by atoms with Gasteiger partial charge < -0.3 is 30.0 Å². The van der Waals surface area contributed by atoms with Gasteiger partial charge in [0.25, 0.3) is 11.8 Å². The first-order valence-electron chi connectivity index (χ1n) is 11.3. The zero-order valence-corrected chi connectivity index (χ0v) is 20.8. The molecule has 39 heavy (non-hydrogen) atoms. The number of imidazole rings is 1. The Bertz CT molecular complexity index is 1610. The van der Waals surface area contributed by atoms with Crippen molar-refractivity contribution in [3.8, 4) is 0 Å². The molecule has 206 valence electrons. The normalized spacial score (nSPS) is 21.5. The highest BCUT2D eigenvalue weighted by Gasteiger charge is 2.47. The first-order chi connectivity index (χ1) is 18.4. The number of oxazole rings is 1. The average molecular weight is 570 g/mol. The number of fused-ring (bicyclic) bond motifs is 2. The van der Waals surface area contributed by atoms with Crippen LogP contribution in [-0.4, -0.2) is 71.8 Å². The van der Waals surface area contributed by atoms with Gasteiger partial charge in [0.15, 0.2) is 34.9 Å². The molecular weight excluding hydrogens is 551 g/mol. The zero-order chi connectivity index (χ0) is 28.2. The summed E-state index contributed by atoms with van der Waals surface area (Å²) < 4.78 is 53.0. The van der Waals surface area contributed by atoms with Crippen molar-refractivity contribution in [3.63, 3.8) is 0 Å². The summed E-state index contributed by atoms with van der Waals surface area (Å²) in [6.45, 7) is 0.926. The highest BCUT2D eigenvalue weighted by atomic mass is 35.5. The van der Waals surface area contributed by atoms with Crippen molar-refractivity contribution in [1.29, 1.82) is 0 Å². The van der Waals surface area contributed by atoms with Gasteiger partial charge in [0.2, 0.25) is 11.1 Å². The Morgan fingerprint density at radius 3 is 2.59 bits per heavy atom. The molecule has 0 spiro atoms. The Hall–Kier alpha value is -3.86. The van der Waals surface area contributed by atoms with Gasteiger partial charge in [0.05, 0.1) is 6.33 Å². The number of carbonyl (C=O) groups is 2. The maximum absolute atomic E-state index is 13.7. The number of rotatable bonds is 6. The van der Waals surface area contributed by atoms with Crippen molar-refractivity contribution in [2.45, 2.75) is 44.2 Å². The van der Waals surface area contributed by atoms with Crippen LogP contribution in [0.25, 0.3) is 22.3 Å². The van der Waals surface area contributed by atoms with Crippen molar-refractivity contribution in [2.24, 2.45) is 0 Å². The number of Topliss-reactive ketones (excluding diaryl/α,β-unsaturated/α-hetero) is 1. The number of aromatic nitrogens is 5. The topological polar surface area (TPSA) is 178 Å². The minimum absolute atomic E-state index is 0.0397. The zero-order valence-electron chi connectivity index (χ0n) is 20.0. The third kappa shape index (κ3) is 4.75. The van der Waals surface area contributed by atoms with Gasteiger partial charge in [-0.15, -0.1) is 0 Å². The van der Waals surface area contributed by atoms with E-state index < -0.39 is 59.4 Å². The van der Waals surface area contributed by atoms with Gasteiger partial charge in [-0.2, -0.15) is 23.1 Å². The Morgan fingerprint density at radius 1 is 1.18 bits per heavy atom. The number of nitrogens with zero attached hydrogens (tertiary/aromatic N) is 5. The number of aliphatic hydroxyl groups is 2. The number of alkyl halides is 3. The fraction of sp³-hybridized carbons (Fsp3) is 0.364. The quantitative estimate of drug-likeness (QED) is 0.197. The summed E-state index contributed by atoms with van der Waals surface area (Å²) in [7, 11) is 1.34. The second-order valence-electron chi connectivity index (χ2n) is 8.63. The highest BCUT2D eigenvalue weighted by molar-refractivity contribution is 6.28. The molecule has 4 heterocycles. The number of nitrogens with one attached hydrogen (secondary N) is 2. The molecular formula is C22H19ClF3N7O6. The summed E-state index contributed by atoms with van der Waals surface area (Å²) in [6.07, 6.45) is -9.25. The lowest BCUT2D eigenvalue weighted by atomic mass is 10.1. The van der Waals surface area contributed by atoms with Crippen LogP contribution >= 0.6 is 11.6 Å². The Kier molecular flexibility index (Phi) is 6.66. The fourth-order valence-electron chi connectivity index (χ4n) is 4.19. The van der Waals surface area contributed by atoms with Gasteiger partial charge in [-0.05, 0) is 29.3 Å². The number of halogens is 4. The summed E-state index contributed by atoms with van der Waals surface area (Å²) in [4.78, 5) is 39.8. The van der Waals surface area contributed by atoms with E-state index in [1.807, 2.05) is 0 Å². The molecule has 1 aliphatic rings. The summed E-state index contributed by atoms with van der Waals surface area (Å²) in [5.74, 6) is -1.69. The third-order valence-corrected chi connectivity index (χ3v) is 6.20. The molecule has 4 N–H and O–H groups in total. The third-order valence-electron chi connectivity index (χ3n) is 6.03. The van der Waals surface area contributed by atoms with Gasteiger partial charge in [0.1, 0.15) is 23.3 Å². The van der Waals surface area contributed by atoms with Gasteiger partial charge in [-0.3, -0.25) is 14.2 Å². The lowest BCUT2D eigenvalue weighted by Gasteiger charge is -2.16. The molecule has 13 nitrogen and oxygen atoms in total. The number of benzene rings is 1. The number of amides is 1. The first kappa shape index (κ1) is 26.7. The van der Waals surface area contributed by atoms with Gasteiger partial charge in [-0.1, -0.05) is 0 Å². The van der Waals surface area contributed by atoms with E-state index >= 15 is 0 Å². The maximum Gasteiger partial charge on any atom is 0.420 e. The van der Waals surface area contributed by atoms with Crippen LogP contribution in [0.3, 0.4) is 0 Å². The molecule has 0 bridgehead atoms. The largest absolute Gasteiger partial charge is 0.433 e. The fourth-order valence-corrected chi connectivity index (χ4v) is 4.35. The van der Waals surface area contributed by atoms with Crippen molar-refractivity contribution < 1.29 is 42.1 Å². The molecule has 1 amide bonds. The number of ketones is 1. The minimum atomic E-state index is -4.79. The molecule has 0 unspecified atom stereocenters. The Morgan fingerprint density at radius 2 is 1.92 bits per heavy atom. The minimum Gasteiger partial charge on any atom is -0.433 e. The molecule has 17 heteroatoms. The lowest BCUT2D eigenvalue weighted by molar-refractivity contribution is -0.137. The maximum atomic E-state index is 13.7. The van der Waals surface area contributed by atoms with E-state index in [1.165, 1.54) is 24.0 Å². The second-order valence-corrected chi connectivity index (χ2v) is 8.96. The van der Waals surface area contributed by atoms with Gasteiger partial charge in [-0.25, -0.2) is 9.97 Å². The molecule has 5 rings (SSSR count). The van der Waals surface area contributed by atoms with E-state index in [0.29, 0.717) is 0 Å². The van der Waals surface area contributed by atoms with Crippen LogP contribution in [0, 0.1) is 0 Å². The molecule has 1 fully saturated rings. The number of likely N-dealkylation sites (N-methyl/N-ethyl adjacent to an activating group) is 1. The lowest BCUT2D eigenvalue weighted by Crippen LogP contribution is -2.41. The molecule has 3 aromatic heterocycles. The van der Waals surface area contributed by atoms with Crippen LogP contribution in [-0.2, 0) is 22.3 Å². The van der Waals surface area contributed by atoms with Crippen LogP contribution in [0.5, 0.6) is 0 Å². The van der Waals surface area contributed by atoms with Crippen LogP contribution in [0.1, 0.15) is 35.0 Å². The average Bonchev–Trinajstić information content (AvgIpc) is 3.57. The molecule has 0 radical (unpaired) electrons. The van der Waals surface area contributed by atoms with E-state index in [4.69, 9.17) is 20.8 Å². The molecule has 4 aromatic rings. The van der Waals surface area contributed by atoms with E-state index in [0.717, 1.165) is 13.0 Å². The van der Waals surface area contributed by atoms with E-state index in [1.54, 1.807) is 0 Å². The van der Waals surface area contributed by atoms with E-state index in [9.17, 15) is 33.0 Å². The molecule has 1 aromatic carbocycles. The summed E-state index contributed by atoms with van der Waals surface area (Å²) in [6, 6.07) is 2.18. The van der Waals surface area contributed by atoms with Crippen molar-refractivity contribution >= 4 is 51.4 Å². The standard InChI is InChI=1S/C22H19ClF3N7O6/c1-7(34)19-30-10-4-8(3-9(14(10)38-19)22(24,25)26)5-28-16-11-17(32-21(23)31-16)33(6-29-11)20-13(36)12(35)15(39-20)18(37)27-2/h3-4,6,12-13,15,20,35-36H,5H2,1-2H3,(H,27,37)(H,28,31,32)/t12-,13+,15-,20+/m0/s1. The van der Waals surface area contributed by atoms with Crippen LogP contribution in [0.15, 0.2) is 22.9 Å². The van der Waals surface area contributed by atoms with Gasteiger partial charge >= 0.3 is 6.18 Å². The van der Waals surface area contributed by atoms with Crippen molar-refractivity contribution in [1.82, 2.24) is 29.8 Å². The van der Waals surface area contributed by atoms with E-state index in [-0.39, 0.29) is 39.9 Å². The Labute approximate surface area is 221 Å². The van der Waals surface area contributed by atoms with E-state index in [2.05, 4.69) is 30.6 Å². The summed E-state index contributed by atoms with van der Waals surface area (Å²) in [5, 5.41) is 25.7. The predicted octanol–water partition coefficient (Wildman–Crippen LogP) is 1.82. The van der Waals surface area contributed by atoms with Crippen molar-refractivity contribution in [2.75, 3.05) is 12.4 Å². The van der Waals surface area contributed by atoms with Gasteiger partial charge in [0, 0.05) is 20.5 Å². The number of anilines is 1.